The van der Waals surface area contributed by atoms with Crippen molar-refractivity contribution in [2.24, 2.45) is 0 Å². The number of benzene rings is 2. The molecule has 0 aromatic heterocycles. The molecule has 2 aliphatic heterocycles. The molecule has 0 radical (unpaired) electrons. The van der Waals surface area contributed by atoms with Crippen LogP contribution >= 0.6 is 15.9 Å². The molecule has 0 spiro atoms. The average molecular weight is 404 g/mol. The highest BCUT2D eigenvalue weighted by Crippen LogP contribution is 2.44. The van der Waals surface area contributed by atoms with Crippen LogP contribution in [-0.4, -0.2) is 23.6 Å². The van der Waals surface area contributed by atoms with Crippen molar-refractivity contribution in [2.75, 3.05) is 12.1 Å². The zero-order valence-corrected chi connectivity index (χ0v) is 14.8. The second-order valence-corrected chi connectivity index (χ2v) is 6.89. The third-order valence-corrected chi connectivity index (χ3v) is 5.51. The van der Waals surface area contributed by atoms with E-state index < -0.39 is 11.5 Å². The summed E-state index contributed by atoms with van der Waals surface area (Å²) in [5.74, 6) is 0.0730. The lowest BCUT2D eigenvalue weighted by Gasteiger charge is -2.22. The van der Waals surface area contributed by atoms with Gasteiger partial charge in [0.15, 0.2) is 22.9 Å². The molecule has 2 heterocycles. The van der Waals surface area contributed by atoms with Crippen molar-refractivity contribution in [1.82, 2.24) is 0 Å². The second kappa shape index (κ2) is 5.57. The standard InChI is InChI=1S/C18H14BrNO5/c1-9-2-4-11-15(16(9)19)18(23,17(22)20-11)7-12(21)10-3-5-13-14(6-10)25-8-24-13/h2-6,23H,7-8H2,1H3,(H,20,22). The molecule has 7 heteroatoms. The van der Waals surface area contributed by atoms with Gasteiger partial charge in [0.1, 0.15) is 0 Å². The number of hydrogen-bond acceptors (Lipinski definition) is 5. The molecule has 128 valence electrons. The van der Waals surface area contributed by atoms with Crippen molar-refractivity contribution >= 4 is 33.3 Å². The lowest BCUT2D eigenvalue weighted by molar-refractivity contribution is -0.133. The Hall–Kier alpha value is -2.38. The Balaban J connectivity index is 1.70. The van der Waals surface area contributed by atoms with Crippen LogP contribution in [-0.2, 0) is 10.4 Å². The topological polar surface area (TPSA) is 84.9 Å². The molecule has 2 aromatic rings. The number of amides is 1. The van der Waals surface area contributed by atoms with Crippen molar-refractivity contribution < 1.29 is 24.2 Å². The highest BCUT2D eigenvalue weighted by atomic mass is 79.9. The Kier molecular flexibility index (Phi) is 3.59. The van der Waals surface area contributed by atoms with Crippen molar-refractivity contribution in [2.45, 2.75) is 18.9 Å². The number of anilines is 1. The Morgan fingerprint density at radius 1 is 1.28 bits per heavy atom. The molecule has 2 aliphatic rings. The number of carbonyl (C=O) groups is 2. The number of halogens is 1. The van der Waals surface area contributed by atoms with Gasteiger partial charge in [-0.05, 0) is 36.8 Å². The van der Waals surface area contributed by atoms with Crippen molar-refractivity contribution in [1.29, 1.82) is 0 Å². The molecule has 0 saturated heterocycles. The van der Waals surface area contributed by atoms with Crippen LogP contribution in [0.4, 0.5) is 5.69 Å². The minimum absolute atomic E-state index is 0.110. The maximum Gasteiger partial charge on any atom is 0.261 e. The van der Waals surface area contributed by atoms with Gasteiger partial charge < -0.3 is 19.9 Å². The molecule has 0 aliphatic carbocycles. The van der Waals surface area contributed by atoms with Crippen LogP contribution in [0.2, 0.25) is 0 Å². The number of nitrogens with one attached hydrogen (secondary N) is 1. The van der Waals surface area contributed by atoms with Gasteiger partial charge in [-0.1, -0.05) is 22.0 Å². The molecule has 4 rings (SSSR count). The molecule has 1 amide bonds. The number of aryl methyl sites for hydroxylation is 1. The summed E-state index contributed by atoms with van der Waals surface area (Å²) in [4.78, 5) is 25.1. The first-order valence-electron chi connectivity index (χ1n) is 7.66. The molecule has 6 nitrogen and oxygen atoms in total. The molecule has 0 saturated carbocycles. The summed E-state index contributed by atoms with van der Waals surface area (Å²) in [5.41, 5.74) is 0.190. The average Bonchev–Trinajstić information content (AvgIpc) is 3.14. The van der Waals surface area contributed by atoms with Gasteiger partial charge >= 0.3 is 0 Å². The van der Waals surface area contributed by atoms with Crippen LogP contribution in [0, 0.1) is 6.92 Å². The van der Waals surface area contributed by atoms with Crippen LogP contribution < -0.4 is 14.8 Å². The van der Waals surface area contributed by atoms with E-state index >= 15 is 0 Å². The van der Waals surface area contributed by atoms with Gasteiger partial charge in [0.25, 0.3) is 5.91 Å². The number of ether oxygens (including phenoxy) is 2. The fourth-order valence-electron chi connectivity index (χ4n) is 3.10. The number of carbonyl (C=O) groups excluding carboxylic acids is 2. The first-order valence-corrected chi connectivity index (χ1v) is 8.46. The molecule has 2 N–H and O–H groups in total. The lowest BCUT2D eigenvalue weighted by atomic mass is 9.87. The zero-order chi connectivity index (χ0) is 17.8. The third-order valence-electron chi connectivity index (χ3n) is 4.48. The summed E-state index contributed by atoms with van der Waals surface area (Å²) in [5, 5.41) is 13.7. The van der Waals surface area contributed by atoms with Gasteiger partial charge in [0, 0.05) is 21.3 Å². The van der Waals surface area contributed by atoms with E-state index in [1.807, 2.05) is 13.0 Å². The Bertz CT molecular complexity index is 926. The minimum atomic E-state index is -1.92. The Labute approximate surface area is 151 Å². The molecule has 25 heavy (non-hydrogen) atoms. The van der Waals surface area contributed by atoms with E-state index in [0.29, 0.717) is 32.8 Å². The van der Waals surface area contributed by atoms with Crippen LogP contribution in [0.5, 0.6) is 11.5 Å². The van der Waals surface area contributed by atoms with Crippen LogP contribution in [0.15, 0.2) is 34.8 Å². The number of rotatable bonds is 3. The van der Waals surface area contributed by atoms with Gasteiger partial charge in [-0.3, -0.25) is 9.59 Å². The number of ketones is 1. The smallest absolute Gasteiger partial charge is 0.261 e. The van der Waals surface area contributed by atoms with Gasteiger partial charge in [-0.2, -0.15) is 0 Å². The number of Topliss-reactive ketones (excluding diaryl/α,β-unsaturated/α-hetero) is 1. The van der Waals surface area contributed by atoms with E-state index in [2.05, 4.69) is 21.2 Å². The van der Waals surface area contributed by atoms with E-state index in [1.54, 1.807) is 24.3 Å². The summed E-state index contributed by atoms with van der Waals surface area (Å²) >= 11 is 3.42. The Morgan fingerprint density at radius 3 is 2.84 bits per heavy atom. The molecule has 1 unspecified atom stereocenters. The maximum atomic E-state index is 12.7. The van der Waals surface area contributed by atoms with Gasteiger partial charge in [-0.25, -0.2) is 0 Å². The molecule has 0 bridgehead atoms. The van der Waals surface area contributed by atoms with Crippen LogP contribution in [0.25, 0.3) is 0 Å². The van der Waals surface area contributed by atoms with E-state index in [4.69, 9.17) is 9.47 Å². The predicted octanol–water partition coefficient (Wildman–Crippen LogP) is 2.90. The summed E-state index contributed by atoms with van der Waals surface area (Å²) < 4.78 is 11.1. The molecule has 1 atom stereocenters. The summed E-state index contributed by atoms with van der Waals surface area (Å²) in [6.07, 6.45) is -0.368. The van der Waals surface area contributed by atoms with Crippen molar-refractivity contribution in [3.63, 3.8) is 0 Å². The number of hydrogen-bond donors (Lipinski definition) is 2. The van der Waals surface area contributed by atoms with Gasteiger partial charge in [-0.15, -0.1) is 0 Å². The quantitative estimate of drug-likeness (QED) is 0.769. The fourth-order valence-corrected chi connectivity index (χ4v) is 3.77. The molecular weight excluding hydrogens is 390 g/mol. The first kappa shape index (κ1) is 16.1. The molecule has 2 aromatic carbocycles. The zero-order valence-electron chi connectivity index (χ0n) is 13.3. The molecule has 0 fully saturated rings. The van der Waals surface area contributed by atoms with Crippen molar-refractivity contribution in [3.05, 3.63) is 51.5 Å². The number of aliphatic hydroxyl groups is 1. The maximum absolute atomic E-state index is 12.7. The van der Waals surface area contributed by atoms with Crippen LogP contribution in [0.3, 0.4) is 0 Å². The highest BCUT2D eigenvalue weighted by Gasteiger charge is 2.48. The summed E-state index contributed by atoms with van der Waals surface area (Å²) in [6.45, 7) is 1.96. The largest absolute Gasteiger partial charge is 0.454 e. The number of fused-ring (bicyclic) bond motifs is 2. The van der Waals surface area contributed by atoms with E-state index in [9.17, 15) is 14.7 Å². The van der Waals surface area contributed by atoms with E-state index in [0.717, 1.165) is 5.56 Å². The highest BCUT2D eigenvalue weighted by molar-refractivity contribution is 9.10. The van der Waals surface area contributed by atoms with E-state index in [-0.39, 0.29) is 19.0 Å². The molecular formula is C18H14BrNO5. The van der Waals surface area contributed by atoms with Gasteiger partial charge in [0.2, 0.25) is 6.79 Å². The van der Waals surface area contributed by atoms with Crippen LogP contribution in [0.1, 0.15) is 27.9 Å². The summed E-state index contributed by atoms with van der Waals surface area (Å²) in [7, 11) is 0. The minimum Gasteiger partial charge on any atom is -0.454 e. The van der Waals surface area contributed by atoms with Crippen molar-refractivity contribution in [3.8, 4) is 11.5 Å². The first-order chi connectivity index (χ1) is 11.9. The monoisotopic (exact) mass is 403 g/mol. The normalized spacial score (nSPS) is 20.4. The Morgan fingerprint density at radius 2 is 2.04 bits per heavy atom. The predicted molar refractivity (Wildman–Crippen MR) is 92.9 cm³/mol. The van der Waals surface area contributed by atoms with Gasteiger partial charge in [0.05, 0.1) is 6.42 Å². The fraction of sp³-hybridized carbons (Fsp3) is 0.222. The SMILES string of the molecule is Cc1ccc2c(c1Br)C(O)(CC(=O)c1ccc3c(c1)OCO3)C(=O)N2. The second-order valence-electron chi connectivity index (χ2n) is 6.10. The van der Waals surface area contributed by atoms with E-state index in [1.165, 1.54) is 0 Å². The third kappa shape index (κ3) is 2.42. The summed E-state index contributed by atoms with van der Waals surface area (Å²) in [6, 6.07) is 8.35. The lowest BCUT2D eigenvalue weighted by Crippen LogP contribution is -2.36.